The number of carboxylic acids is 1. The molecule has 6 aromatic rings. The molecule has 15 nitrogen and oxygen atoms in total. The van der Waals surface area contributed by atoms with Crippen LogP contribution in [0.15, 0.2) is 121 Å². The van der Waals surface area contributed by atoms with Crippen LogP contribution in [0.5, 0.6) is 5.75 Å². The van der Waals surface area contributed by atoms with Crippen molar-refractivity contribution in [2.45, 2.75) is 50.4 Å². The normalized spacial score (nSPS) is 19.6. The number of rotatable bonds is 15. The maximum Gasteiger partial charge on any atom is 0.350 e. The van der Waals surface area contributed by atoms with Crippen molar-refractivity contribution in [3.63, 3.8) is 0 Å². The Morgan fingerprint density at radius 3 is 2.20 bits per heavy atom. The standard InChI is InChI=1S/C43H45F2N9O6/c1-29(49-40(41(55)56)31-6-4-3-5-7-31)30(2)54-42(57)53(28-48-54)35-11-9-33(10-12-35)50-18-20-51(21-19-50)34-13-15-36(16-14-34)58-23-37-24-59-43(60-37,25-52-27-46-26-47-52)38-17-8-32(44)22-39(38)45/h3-17,22,26-30,37,40,49H,18-21,23-25H2,1-2H3,(H,55,56). The Bertz CT molecular complexity index is 2420. The molecule has 2 fully saturated rings. The number of halogens is 2. The lowest BCUT2D eigenvalue weighted by molar-refractivity contribution is -0.192. The van der Waals surface area contributed by atoms with E-state index in [1.54, 1.807) is 24.3 Å². The average Bonchev–Trinajstić information content (AvgIpc) is 4.03. The number of ether oxygens (including phenoxy) is 3. The highest BCUT2D eigenvalue weighted by molar-refractivity contribution is 5.75. The summed E-state index contributed by atoms with van der Waals surface area (Å²) in [6.45, 7) is 7.15. The van der Waals surface area contributed by atoms with Gasteiger partial charge in [-0.3, -0.25) is 10.1 Å². The van der Waals surface area contributed by atoms with Gasteiger partial charge in [0.05, 0.1) is 18.3 Å². The number of anilines is 2. The van der Waals surface area contributed by atoms with Gasteiger partial charge in [0.25, 0.3) is 0 Å². The van der Waals surface area contributed by atoms with Gasteiger partial charge in [0.1, 0.15) is 61.7 Å². The van der Waals surface area contributed by atoms with Crippen LogP contribution < -0.4 is 25.5 Å². The molecule has 0 spiro atoms. The highest BCUT2D eigenvalue weighted by atomic mass is 19.1. The smallest absolute Gasteiger partial charge is 0.350 e. The summed E-state index contributed by atoms with van der Waals surface area (Å²) in [5.41, 5.74) is 3.15. The van der Waals surface area contributed by atoms with Crippen molar-refractivity contribution in [2.24, 2.45) is 0 Å². The molecule has 17 heteroatoms. The average molecular weight is 822 g/mol. The molecule has 2 aliphatic heterocycles. The Labute approximate surface area is 344 Å². The van der Waals surface area contributed by atoms with E-state index in [2.05, 4.69) is 30.3 Å². The number of hydrogen-bond donors (Lipinski definition) is 2. The fourth-order valence-electron chi connectivity index (χ4n) is 7.61. The summed E-state index contributed by atoms with van der Waals surface area (Å²) in [6, 6.07) is 26.1. The number of aromatic nitrogens is 6. The van der Waals surface area contributed by atoms with Crippen LogP contribution in [0.4, 0.5) is 20.2 Å². The predicted molar refractivity (Wildman–Crippen MR) is 217 cm³/mol. The van der Waals surface area contributed by atoms with Crippen molar-refractivity contribution < 1.29 is 32.9 Å². The summed E-state index contributed by atoms with van der Waals surface area (Å²) in [5.74, 6) is -3.38. The molecule has 5 unspecified atom stereocenters. The number of nitrogens with one attached hydrogen (secondary N) is 1. The molecule has 8 rings (SSSR count). The van der Waals surface area contributed by atoms with Gasteiger partial charge in [-0.1, -0.05) is 30.3 Å². The summed E-state index contributed by atoms with van der Waals surface area (Å²) >= 11 is 0. The number of hydrogen-bond acceptors (Lipinski definition) is 11. The zero-order valence-corrected chi connectivity index (χ0v) is 33.1. The second kappa shape index (κ2) is 17.4. The second-order valence-corrected chi connectivity index (χ2v) is 14.9. The summed E-state index contributed by atoms with van der Waals surface area (Å²) in [5, 5.41) is 21.5. The summed E-state index contributed by atoms with van der Waals surface area (Å²) in [6.07, 6.45) is 3.79. The second-order valence-electron chi connectivity index (χ2n) is 14.9. The van der Waals surface area contributed by atoms with E-state index in [4.69, 9.17) is 14.2 Å². The third kappa shape index (κ3) is 8.64. The molecule has 4 aromatic carbocycles. The van der Waals surface area contributed by atoms with Gasteiger partial charge < -0.3 is 29.1 Å². The Hall–Kier alpha value is -6.43. The minimum absolute atomic E-state index is 0.0147. The molecule has 2 aliphatic rings. The van der Waals surface area contributed by atoms with Crippen molar-refractivity contribution in [2.75, 3.05) is 49.2 Å². The number of carbonyl (C=O) groups is 1. The van der Waals surface area contributed by atoms with E-state index in [9.17, 15) is 23.5 Å². The lowest BCUT2D eigenvalue weighted by Crippen LogP contribution is -2.46. The van der Waals surface area contributed by atoms with Gasteiger partial charge in [-0.05, 0) is 80.1 Å². The van der Waals surface area contributed by atoms with Gasteiger partial charge in [0.15, 0.2) is 0 Å². The first-order chi connectivity index (χ1) is 29.1. The van der Waals surface area contributed by atoms with E-state index in [1.165, 1.54) is 39.0 Å². The summed E-state index contributed by atoms with van der Waals surface area (Å²) in [4.78, 5) is 34.1. The molecular formula is C43H45F2N9O6. The Morgan fingerprint density at radius 1 is 0.900 bits per heavy atom. The minimum atomic E-state index is -1.53. The van der Waals surface area contributed by atoms with Gasteiger partial charge in [-0.15, -0.1) is 0 Å². The van der Waals surface area contributed by atoms with Gasteiger partial charge in [-0.2, -0.15) is 10.2 Å². The SMILES string of the molecule is CC(NC(C(=O)O)c1ccccc1)C(C)n1ncn(-c2ccc(N3CCN(c4ccc(OCC5COC(Cn6cncn6)(c6ccc(F)cc6F)O5)cc4)CC3)cc2)c1=O. The Kier molecular flexibility index (Phi) is 11.7. The first-order valence-corrected chi connectivity index (χ1v) is 19.7. The van der Waals surface area contributed by atoms with Gasteiger partial charge in [0.2, 0.25) is 5.79 Å². The lowest BCUT2D eigenvalue weighted by Gasteiger charge is -2.37. The van der Waals surface area contributed by atoms with Crippen LogP contribution in [0.2, 0.25) is 0 Å². The van der Waals surface area contributed by atoms with Crippen LogP contribution in [0.3, 0.4) is 0 Å². The van der Waals surface area contributed by atoms with E-state index >= 15 is 0 Å². The maximum absolute atomic E-state index is 14.9. The molecular weight excluding hydrogens is 777 g/mol. The van der Waals surface area contributed by atoms with Gasteiger partial charge in [0, 0.05) is 55.2 Å². The first kappa shape index (κ1) is 40.4. The van der Waals surface area contributed by atoms with Crippen molar-refractivity contribution in [1.29, 1.82) is 0 Å². The maximum atomic E-state index is 14.9. The third-order valence-corrected chi connectivity index (χ3v) is 11.1. The molecule has 2 aromatic heterocycles. The first-order valence-electron chi connectivity index (χ1n) is 19.7. The monoisotopic (exact) mass is 821 g/mol. The number of carboxylic acid groups (broad SMARTS) is 1. The Balaban J connectivity index is 0.830. The van der Waals surface area contributed by atoms with E-state index in [1.807, 2.05) is 68.4 Å². The van der Waals surface area contributed by atoms with Crippen molar-refractivity contribution in [1.82, 2.24) is 34.4 Å². The summed E-state index contributed by atoms with van der Waals surface area (Å²) in [7, 11) is 0. The van der Waals surface area contributed by atoms with Gasteiger partial charge in [-0.25, -0.2) is 32.5 Å². The van der Waals surface area contributed by atoms with E-state index in [0.29, 0.717) is 17.0 Å². The molecule has 312 valence electrons. The highest BCUT2D eigenvalue weighted by Crippen LogP contribution is 2.38. The van der Waals surface area contributed by atoms with E-state index in [-0.39, 0.29) is 37.1 Å². The van der Waals surface area contributed by atoms with E-state index < -0.39 is 41.6 Å². The fraction of sp³-hybridized carbons (Fsp3) is 0.326. The van der Waals surface area contributed by atoms with E-state index in [0.717, 1.165) is 49.7 Å². The lowest BCUT2D eigenvalue weighted by atomic mass is 10.0. The molecule has 2 N–H and O–H groups in total. The number of nitrogens with zero attached hydrogens (tertiary/aromatic N) is 8. The fourth-order valence-corrected chi connectivity index (χ4v) is 7.61. The van der Waals surface area contributed by atoms with Crippen molar-refractivity contribution >= 4 is 17.3 Å². The number of benzene rings is 4. The van der Waals surface area contributed by atoms with Crippen LogP contribution in [-0.4, -0.2) is 91.7 Å². The van der Waals surface area contributed by atoms with Crippen LogP contribution in [0, 0.1) is 11.6 Å². The molecule has 0 bridgehead atoms. The molecule has 2 saturated heterocycles. The molecule has 0 radical (unpaired) electrons. The zero-order chi connectivity index (χ0) is 41.8. The molecule has 4 heterocycles. The highest BCUT2D eigenvalue weighted by Gasteiger charge is 2.46. The van der Waals surface area contributed by atoms with Crippen molar-refractivity contribution in [3.05, 3.63) is 149 Å². The molecule has 0 amide bonds. The molecule has 60 heavy (non-hydrogen) atoms. The number of piperazine rings is 1. The van der Waals surface area contributed by atoms with Gasteiger partial charge >= 0.3 is 11.7 Å². The molecule has 5 atom stereocenters. The number of aliphatic carboxylic acids is 1. The largest absolute Gasteiger partial charge is 0.491 e. The summed E-state index contributed by atoms with van der Waals surface area (Å²) < 4.78 is 51.4. The molecule has 0 aliphatic carbocycles. The Morgan fingerprint density at radius 2 is 1.57 bits per heavy atom. The van der Waals surface area contributed by atoms with Crippen LogP contribution >= 0.6 is 0 Å². The predicted octanol–water partition coefficient (Wildman–Crippen LogP) is 4.94. The topological polar surface area (TPSA) is 154 Å². The third-order valence-electron chi connectivity index (χ3n) is 11.1. The van der Waals surface area contributed by atoms with Crippen LogP contribution in [0.1, 0.15) is 37.1 Å². The molecule has 0 saturated carbocycles. The minimum Gasteiger partial charge on any atom is -0.491 e. The quantitative estimate of drug-likeness (QED) is 0.144. The van der Waals surface area contributed by atoms with Crippen LogP contribution in [-0.2, 0) is 26.6 Å². The van der Waals surface area contributed by atoms with Crippen LogP contribution in [0.25, 0.3) is 5.69 Å². The van der Waals surface area contributed by atoms with Crippen molar-refractivity contribution in [3.8, 4) is 11.4 Å². The zero-order valence-electron chi connectivity index (χ0n) is 33.1.